The smallest absolute Gasteiger partial charge is 0.543 e. The van der Waals surface area contributed by atoms with E-state index in [4.69, 9.17) is 0 Å². The van der Waals surface area contributed by atoms with Gasteiger partial charge in [0.15, 0.2) is 0 Å². The SMILES string of the molecule is CC(=NNCCc1ccccc1)C(=O)[O-].[Na+]. The second-order valence-electron chi connectivity index (χ2n) is 3.13. The fourth-order valence-corrected chi connectivity index (χ4v) is 1.07. The van der Waals surface area contributed by atoms with Crippen LogP contribution in [0, 0.1) is 0 Å². The molecule has 0 aliphatic heterocycles. The van der Waals surface area contributed by atoms with Crippen molar-refractivity contribution in [1.82, 2.24) is 5.43 Å². The van der Waals surface area contributed by atoms with Crippen molar-refractivity contribution >= 4 is 11.7 Å². The maximum Gasteiger partial charge on any atom is 1.00 e. The summed E-state index contributed by atoms with van der Waals surface area (Å²) in [5, 5.41) is 13.9. The van der Waals surface area contributed by atoms with Crippen LogP contribution in [0.1, 0.15) is 12.5 Å². The largest absolute Gasteiger partial charge is 1.00 e. The van der Waals surface area contributed by atoms with Crippen LogP contribution in [0.2, 0.25) is 0 Å². The van der Waals surface area contributed by atoms with Crippen LogP contribution >= 0.6 is 0 Å². The minimum Gasteiger partial charge on any atom is -0.543 e. The first kappa shape index (κ1) is 15.2. The number of nitrogens with one attached hydrogen (secondary N) is 1. The minimum atomic E-state index is -1.25. The van der Waals surface area contributed by atoms with Gasteiger partial charge in [0.25, 0.3) is 0 Å². The maximum atomic E-state index is 10.3. The Kier molecular flexibility index (Phi) is 7.89. The molecule has 0 saturated heterocycles. The molecule has 0 radical (unpaired) electrons. The van der Waals surface area contributed by atoms with Crippen molar-refractivity contribution in [2.24, 2.45) is 5.10 Å². The van der Waals surface area contributed by atoms with Crippen LogP contribution in [0.15, 0.2) is 35.4 Å². The first-order chi connectivity index (χ1) is 7.20. The van der Waals surface area contributed by atoms with E-state index in [1.807, 2.05) is 30.3 Å². The van der Waals surface area contributed by atoms with Crippen LogP contribution in [0.25, 0.3) is 0 Å². The molecule has 0 aliphatic carbocycles. The second-order valence-corrected chi connectivity index (χ2v) is 3.13. The number of carboxylic acids is 1. The number of hydrogen-bond acceptors (Lipinski definition) is 4. The van der Waals surface area contributed by atoms with Crippen LogP contribution in [-0.2, 0) is 11.2 Å². The molecule has 1 aromatic carbocycles. The van der Waals surface area contributed by atoms with Crippen molar-refractivity contribution in [2.75, 3.05) is 6.54 Å². The van der Waals surface area contributed by atoms with Crippen molar-refractivity contribution in [3.63, 3.8) is 0 Å². The Morgan fingerprint density at radius 2 is 2.00 bits per heavy atom. The molecule has 0 spiro atoms. The fraction of sp³-hybridized carbons (Fsp3) is 0.273. The van der Waals surface area contributed by atoms with E-state index in [-0.39, 0.29) is 35.3 Å². The normalized spacial score (nSPS) is 10.4. The molecule has 16 heavy (non-hydrogen) atoms. The molecule has 0 bridgehead atoms. The number of benzene rings is 1. The average Bonchev–Trinajstić information content (AvgIpc) is 2.25. The number of nitrogens with zero attached hydrogens (tertiary/aromatic N) is 1. The zero-order chi connectivity index (χ0) is 11.1. The van der Waals surface area contributed by atoms with Gasteiger partial charge in [0, 0.05) is 6.54 Å². The van der Waals surface area contributed by atoms with Crippen molar-refractivity contribution in [2.45, 2.75) is 13.3 Å². The molecule has 0 aromatic heterocycles. The molecule has 80 valence electrons. The Balaban J connectivity index is 0.00000225. The summed E-state index contributed by atoms with van der Waals surface area (Å²) in [5.41, 5.74) is 3.83. The Labute approximate surface area is 117 Å². The summed E-state index contributed by atoms with van der Waals surface area (Å²) in [4.78, 5) is 10.3. The van der Waals surface area contributed by atoms with Crippen LogP contribution in [-0.4, -0.2) is 18.2 Å². The Morgan fingerprint density at radius 1 is 1.38 bits per heavy atom. The first-order valence-corrected chi connectivity index (χ1v) is 4.72. The quantitative estimate of drug-likeness (QED) is 0.252. The molecular weight excluding hydrogens is 215 g/mol. The fourth-order valence-electron chi connectivity index (χ4n) is 1.07. The predicted octanol–water partition coefficient (Wildman–Crippen LogP) is -3.05. The summed E-state index contributed by atoms with van der Waals surface area (Å²) in [7, 11) is 0. The third-order valence-corrected chi connectivity index (χ3v) is 1.91. The number of carbonyl (C=O) groups excluding carboxylic acids is 1. The topological polar surface area (TPSA) is 64.5 Å². The molecule has 0 saturated carbocycles. The molecule has 0 unspecified atom stereocenters. The van der Waals surface area contributed by atoms with Gasteiger partial charge < -0.3 is 15.3 Å². The zero-order valence-electron chi connectivity index (χ0n) is 9.56. The monoisotopic (exact) mass is 228 g/mol. The van der Waals surface area contributed by atoms with E-state index in [1.54, 1.807) is 0 Å². The Morgan fingerprint density at radius 3 is 2.56 bits per heavy atom. The van der Waals surface area contributed by atoms with E-state index < -0.39 is 5.97 Å². The maximum absolute atomic E-state index is 10.3. The van der Waals surface area contributed by atoms with Gasteiger partial charge in [-0.25, -0.2) is 0 Å². The van der Waals surface area contributed by atoms with Gasteiger partial charge in [0.2, 0.25) is 0 Å². The molecule has 1 N–H and O–H groups in total. The zero-order valence-corrected chi connectivity index (χ0v) is 11.6. The van der Waals surface area contributed by atoms with Gasteiger partial charge in [0.05, 0.1) is 11.7 Å². The van der Waals surface area contributed by atoms with Crippen LogP contribution in [0.3, 0.4) is 0 Å². The summed E-state index contributed by atoms with van der Waals surface area (Å²) >= 11 is 0. The van der Waals surface area contributed by atoms with Gasteiger partial charge in [-0.1, -0.05) is 30.3 Å². The molecule has 0 fully saturated rings. The first-order valence-electron chi connectivity index (χ1n) is 4.72. The van der Waals surface area contributed by atoms with Gasteiger partial charge in [-0.05, 0) is 18.9 Å². The molecule has 5 heteroatoms. The Hall–Kier alpha value is -0.840. The molecule has 0 atom stereocenters. The summed E-state index contributed by atoms with van der Waals surface area (Å²) in [5.74, 6) is -1.25. The number of carboxylic acid groups (broad SMARTS) is 1. The molecule has 0 aliphatic rings. The third-order valence-electron chi connectivity index (χ3n) is 1.91. The van der Waals surface area contributed by atoms with Crippen molar-refractivity contribution < 1.29 is 39.5 Å². The van der Waals surface area contributed by atoms with Crippen LogP contribution in [0.5, 0.6) is 0 Å². The molecule has 0 heterocycles. The third kappa shape index (κ3) is 5.90. The van der Waals surface area contributed by atoms with Gasteiger partial charge >= 0.3 is 29.6 Å². The van der Waals surface area contributed by atoms with E-state index in [0.717, 1.165) is 6.42 Å². The van der Waals surface area contributed by atoms with Crippen molar-refractivity contribution in [3.05, 3.63) is 35.9 Å². The summed E-state index contributed by atoms with van der Waals surface area (Å²) in [6, 6.07) is 9.90. The molecular formula is C11H13N2NaO2. The number of rotatable bonds is 5. The van der Waals surface area contributed by atoms with E-state index >= 15 is 0 Å². The minimum absolute atomic E-state index is 0. The predicted molar refractivity (Wildman–Crippen MR) is 56.3 cm³/mol. The van der Waals surface area contributed by atoms with E-state index in [9.17, 15) is 9.90 Å². The van der Waals surface area contributed by atoms with Crippen LogP contribution < -0.4 is 40.1 Å². The van der Waals surface area contributed by atoms with Gasteiger partial charge in [-0.3, -0.25) is 0 Å². The van der Waals surface area contributed by atoms with Gasteiger partial charge in [-0.15, -0.1) is 0 Å². The van der Waals surface area contributed by atoms with E-state index in [1.165, 1.54) is 12.5 Å². The van der Waals surface area contributed by atoms with Crippen molar-refractivity contribution in [3.8, 4) is 0 Å². The summed E-state index contributed by atoms with van der Waals surface area (Å²) in [6.45, 7) is 2.00. The van der Waals surface area contributed by atoms with Gasteiger partial charge in [0.1, 0.15) is 0 Å². The molecule has 0 amide bonds. The molecule has 1 rings (SSSR count). The van der Waals surface area contributed by atoms with Gasteiger partial charge in [-0.2, -0.15) is 5.10 Å². The molecule has 1 aromatic rings. The average molecular weight is 228 g/mol. The second kappa shape index (κ2) is 8.33. The van der Waals surface area contributed by atoms with E-state index in [2.05, 4.69) is 10.5 Å². The summed E-state index contributed by atoms with van der Waals surface area (Å²) < 4.78 is 0. The molecule has 4 nitrogen and oxygen atoms in total. The van der Waals surface area contributed by atoms with Crippen LogP contribution in [0.4, 0.5) is 0 Å². The van der Waals surface area contributed by atoms with E-state index in [0.29, 0.717) is 6.54 Å². The number of hydrogen-bond donors (Lipinski definition) is 1. The van der Waals surface area contributed by atoms with Crippen molar-refractivity contribution in [1.29, 1.82) is 0 Å². The number of hydrazone groups is 1. The number of aliphatic carboxylic acids is 1. The standard InChI is InChI=1S/C11H14N2O2.Na/c1-9(11(14)15)13-12-8-7-10-5-3-2-4-6-10;/h2-6,12H,7-8H2,1H3,(H,14,15);/q;+1/p-1. The summed E-state index contributed by atoms with van der Waals surface area (Å²) in [6.07, 6.45) is 0.810. The Bertz CT molecular complexity index is 352. The number of carbonyl (C=O) groups is 1.